The van der Waals surface area contributed by atoms with Gasteiger partial charge in [0.15, 0.2) is 11.5 Å². The summed E-state index contributed by atoms with van der Waals surface area (Å²) in [6.45, 7) is 5.06. The summed E-state index contributed by atoms with van der Waals surface area (Å²) in [7, 11) is 3.28. The summed E-state index contributed by atoms with van der Waals surface area (Å²) in [5.74, 6) is 1.48. The van der Waals surface area contributed by atoms with Gasteiger partial charge >= 0.3 is 0 Å². The molecule has 1 N–H and O–H groups in total. The van der Waals surface area contributed by atoms with Gasteiger partial charge in [-0.25, -0.2) is 0 Å². The number of rotatable bonds is 5. The lowest BCUT2D eigenvalue weighted by Crippen LogP contribution is -2.21. The molecule has 0 amide bonds. The Hall–Kier alpha value is -0.740. The lowest BCUT2D eigenvalue weighted by Gasteiger charge is -2.13. The molecule has 4 heteroatoms. The van der Waals surface area contributed by atoms with Crippen LogP contribution < -0.4 is 14.8 Å². The highest BCUT2D eigenvalue weighted by molar-refractivity contribution is 9.10. The van der Waals surface area contributed by atoms with Crippen LogP contribution in [0.1, 0.15) is 19.4 Å². The van der Waals surface area contributed by atoms with Gasteiger partial charge in [0, 0.05) is 12.6 Å². The van der Waals surface area contributed by atoms with Crippen molar-refractivity contribution in [3.63, 3.8) is 0 Å². The molecule has 0 bridgehead atoms. The highest BCUT2D eigenvalue weighted by Crippen LogP contribution is 2.36. The van der Waals surface area contributed by atoms with Gasteiger partial charge in [0.25, 0.3) is 0 Å². The largest absolute Gasteiger partial charge is 0.493 e. The number of methoxy groups -OCH3 is 2. The van der Waals surface area contributed by atoms with E-state index in [9.17, 15) is 0 Å². The number of nitrogens with one attached hydrogen (secondary N) is 1. The van der Waals surface area contributed by atoms with Crippen molar-refractivity contribution in [3.05, 3.63) is 22.2 Å². The number of hydrogen-bond donors (Lipinski definition) is 1. The highest BCUT2D eigenvalue weighted by atomic mass is 79.9. The molecule has 1 aromatic carbocycles. The lowest BCUT2D eigenvalue weighted by atomic mass is 10.2. The second-order valence-electron chi connectivity index (χ2n) is 3.85. The smallest absolute Gasteiger partial charge is 0.174 e. The van der Waals surface area contributed by atoms with Crippen LogP contribution >= 0.6 is 15.9 Å². The van der Waals surface area contributed by atoms with Gasteiger partial charge in [0.1, 0.15) is 0 Å². The van der Waals surface area contributed by atoms with Gasteiger partial charge in [0.05, 0.1) is 18.7 Å². The topological polar surface area (TPSA) is 30.5 Å². The molecule has 0 aliphatic rings. The van der Waals surface area contributed by atoms with E-state index in [2.05, 4.69) is 35.1 Å². The van der Waals surface area contributed by atoms with Crippen molar-refractivity contribution in [2.24, 2.45) is 0 Å². The number of ether oxygens (including phenoxy) is 2. The molecule has 0 saturated carbocycles. The third-order valence-corrected chi connectivity index (χ3v) is 2.80. The fraction of sp³-hybridized carbons (Fsp3) is 0.500. The molecule has 0 aromatic heterocycles. The van der Waals surface area contributed by atoms with E-state index in [1.165, 1.54) is 5.56 Å². The average Bonchev–Trinajstić information content (AvgIpc) is 2.25. The van der Waals surface area contributed by atoms with Gasteiger partial charge in [0.2, 0.25) is 0 Å². The van der Waals surface area contributed by atoms with Crippen LogP contribution in [-0.2, 0) is 6.54 Å². The molecule has 90 valence electrons. The van der Waals surface area contributed by atoms with Crippen LogP contribution in [0.5, 0.6) is 11.5 Å². The van der Waals surface area contributed by atoms with Gasteiger partial charge in [-0.2, -0.15) is 0 Å². The maximum Gasteiger partial charge on any atom is 0.174 e. The minimum Gasteiger partial charge on any atom is -0.493 e. The van der Waals surface area contributed by atoms with E-state index in [0.29, 0.717) is 6.04 Å². The number of halogens is 1. The second-order valence-corrected chi connectivity index (χ2v) is 4.70. The van der Waals surface area contributed by atoms with Crippen LogP contribution in [0, 0.1) is 0 Å². The Morgan fingerprint density at radius 2 is 1.94 bits per heavy atom. The monoisotopic (exact) mass is 287 g/mol. The van der Waals surface area contributed by atoms with Gasteiger partial charge in [-0.1, -0.05) is 13.8 Å². The SMILES string of the molecule is COc1cc(CNC(C)C)cc(Br)c1OC. The van der Waals surface area contributed by atoms with E-state index >= 15 is 0 Å². The number of benzene rings is 1. The van der Waals surface area contributed by atoms with Gasteiger partial charge in [-0.05, 0) is 33.6 Å². The maximum absolute atomic E-state index is 5.28. The molecule has 0 saturated heterocycles. The first-order valence-electron chi connectivity index (χ1n) is 5.22. The zero-order chi connectivity index (χ0) is 12.1. The minimum absolute atomic E-state index is 0.465. The van der Waals surface area contributed by atoms with Gasteiger partial charge in [-0.3, -0.25) is 0 Å². The normalized spacial score (nSPS) is 10.6. The zero-order valence-electron chi connectivity index (χ0n) is 10.1. The average molecular weight is 288 g/mol. The highest BCUT2D eigenvalue weighted by Gasteiger charge is 2.10. The quantitative estimate of drug-likeness (QED) is 0.903. The molecular weight excluding hydrogens is 270 g/mol. The minimum atomic E-state index is 0.465. The van der Waals surface area contributed by atoms with Crippen molar-refractivity contribution in [2.45, 2.75) is 26.4 Å². The molecule has 3 nitrogen and oxygen atoms in total. The van der Waals surface area contributed by atoms with E-state index in [4.69, 9.17) is 9.47 Å². The van der Waals surface area contributed by atoms with Crippen LogP contribution in [0.3, 0.4) is 0 Å². The molecule has 0 radical (unpaired) electrons. The molecule has 0 atom stereocenters. The zero-order valence-corrected chi connectivity index (χ0v) is 11.7. The Morgan fingerprint density at radius 3 is 2.44 bits per heavy atom. The van der Waals surface area contributed by atoms with Crippen molar-refractivity contribution in [3.8, 4) is 11.5 Å². The molecule has 0 aliphatic heterocycles. The first-order valence-corrected chi connectivity index (χ1v) is 6.01. The summed E-state index contributed by atoms with van der Waals surface area (Å²) in [5.41, 5.74) is 1.17. The molecule has 16 heavy (non-hydrogen) atoms. The Balaban J connectivity index is 2.92. The van der Waals surface area contributed by atoms with Gasteiger partial charge in [-0.15, -0.1) is 0 Å². The van der Waals surface area contributed by atoms with E-state index in [-0.39, 0.29) is 0 Å². The van der Waals surface area contributed by atoms with Crippen molar-refractivity contribution in [1.82, 2.24) is 5.32 Å². The second kappa shape index (κ2) is 6.11. The summed E-state index contributed by atoms with van der Waals surface area (Å²) in [6, 6.07) is 4.49. The lowest BCUT2D eigenvalue weighted by molar-refractivity contribution is 0.352. The van der Waals surface area contributed by atoms with Crippen LogP contribution in [-0.4, -0.2) is 20.3 Å². The fourth-order valence-corrected chi connectivity index (χ4v) is 2.05. The predicted octanol–water partition coefficient (Wildman–Crippen LogP) is 2.96. The Labute approximate surface area is 105 Å². The predicted molar refractivity (Wildman–Crippen MR) is 69.2 cm³/mol. The van der Waals surface area contributed by atoms with Crippen molar-refractivity contribution < 1.29 is 9.47 Å². The summed E-state index contributed by atoms with van der Waals surface area (Å²) >= 11 is 3.47. The number of hydrogen-bond acceptors (Lipinski definition) is 3. The molecule has 1 rings (SSSR count). The van der Waals surface area contributed by atoms with E-state index < -0.39 is 0 Å². The van der Waals surface area contributed by atoms with E-state index in [0.717, 1.165) is 22.5 Å². The third kappa shape index (κ3) is 3.39. The van der Waals surface area contributed by atoms with Gasteiger partial charge < -0.3 is 14.8 Å². The summed E-state index contributed by atoms with van der Waals surface area (Å²) in [4.78, 5) is 0. The summed E-state index contributed by atoms with van der Waals surface area (Å²) in [6.07, 6.45) is 0. The third-order valence-electron chi connectivity index (χ3n) is 2.21. The molecule has 0 fully saturated rings. The Kier molecular flexibility index (Phi) is 5.09. The van der Waals surface area contributed by atoms with Crippen molar-refractivity contribution in [2.75, 3.05) is 14.2 Å². The van der Waals surface area contributed by atoms with E-state index in [1.807, 2.05) is 12.1 Å². The molecular formula is C12H18BrNO2. The molecule has 1 aromatic rings. The van der Waals surface area contributed by atoms with Crippen LogP contribution in [0.25, 0.3) is 0 Å². The fourth-order valence-electron chi connectivity index (χ4n) is 1.40. The Bertz CT molecular complexity index is 353. The summed E-state index contributed by atoms with van der Waals surface area (Å²) in [5, 5.41) is 3.36. The van der Waals surface area contributed by atoms with Crippen LogP contribution in [0.15, 0.2) is 16.6 Å². The standard InChI is InChI=1S/C12H18BrNO2/c1-8(2)14-7-9-5-10(13)12(16-4)11(6-9)15-3/h5-6,8,14H,7H2,1-4H3. The molecule has 0 aliphatic carbocycles. The Morgan fingerprint density at radius 1 is 1.25 bits per heavy atom. The summed E-state index contributed by atoms with van der Waals surface area (Å²) < 4.78 is 11.4. The van der Waals surface area contributed by atoms with Crippen LogP contribution in [0.2, 0.25) is 0 Å². The first-order chi connectivity index (χ1) is 7.58. The molecule has 0 spiro atoms. The van der Waals surface area contributed by atoms with E-state index in [1.54, 1.807) is 14.2 Å². The van der Waals surface area contributed by atoms with Crippen molar-refractivity contribution >= 4 is 15.9 Å². The molecule has 0 unspecified atom stereocenters. The molecule has 0 heterocycles. The maximum atomic E-state index is 5.28. The van der Waals surface area contributed by atoms with Crippen LogP contribution in [0.4, 0.5) is 0 Å². The van der Waals surface area contributed by atoms with Crippen molar-refractivity contribution in [1.29, 1.82) is 0 Å². The first kappa shape index (κ1) is 13.3.